The molecule has 0 amide bonds. The van der Waals surface area contributed by atoms with Gasteiger partial charge in [0, 0.05) is 32.5 Å². The monoisotopic (exact) mass is 581 g/mol. The van der Waals surface area contributed by atoms with E-state index in [1.807, 2.05) is 0 Å². The molecule has 4 atom stereocenters. The van der Waals surface area contributed by atoms with Crippen molar-refractivity contribution >= 4 is 58.7 Å². The van der Waals surface area contributed by atoms with Gasteiger partial charge in [0.25, 0.3) is 5.56 Å². The molecule has 0 aromatic carbocycles. The number of aromatic amines is 1. The Morgan fingerprint density at radius 2 is 1.84 bits per heavy atom. The molecule has 15 nitrogen and oxygen atoms in total. The minimum atomic E-state index is -4.15. The van der Waals surface area contributed by atoms with Crippen LogP contribution in [0.1, 0.15) is 20.1 Å². The second-order valence-electron chi connectivity index (χ2n) is 7.62. The van der Waals surface area contributed by atoms with Crippen LogP contribution in [0.2, 0.25) is 0 Å². The summed E-state index contributed by atoms with van der Waals surface area (Å²) in [5.41, 5.74) is 5.24. The van der Waals surface area contributed by atoms with Gasteiger partial charge in [-0.15, -0.1) is 0 Å². The zero-order valence-corrected chi connectivity index (χ0v) is 22.8. The van der Waals surface area contributed by atoms with E-state index in [2.05, 4.69) is 15.0 Å². The number of aromatic nitrogens is 4. The summed E-state index contributed by atoms with van der Waals surface area (Å²) in [5, 5.41) is 10.5. The summed E-state index contributed by atoms with van der Waals surface area (Å²) in [6.45, 7) is 2.14. The molecule has 1 aliphatic rings. The molecule has 18 heteroatoms. The number of nitrogen functional groups attached to an aromatic ring is 1. The summed E-state index contributed by atoms with van der Waals surface area (Å²) in [5.74, 6) is 0.300. The molecule has 1 saturated heterocycles. The summed E-state index contributed by atoms with van der Waals surface area (Å²) in [7, 11) is -2.79. The Morgan fingerprint density at radius 1 is 1.22 bits per heavy atom. The maximum Gasteiger partial charge on any atom is 0.474 e. The molecule has 3 rings (SSSR count). The SMILES string of the molecule is CO[C@H]1C(n2cnc3c(=O)[nH]c(N)nc32)O[C@H](COP(=O)(OCCSC(C)=O)OCCSC(C)=O)[C@H]1O. The van der Waals surface area contributed by atoms with E-state index in [0.717, 1.165) is 23.5 Å². The van der Waals surface area contributed by atoms with Gasteiger partial charge in [0.05, 0.1) is 26.1 Å². The summed E-state index contributed by atoms with van der Waals surface area (Å²) in [6.07, 6.45) is -2.91. The number of carbonyl (C=O) groups excluding carboxylic acids is 2. The highest BCUT2D eigenvalue weighted by Crippen LogP contribution is 2.50. The summed E-state index contributed by atoms with van der Waals surface area (Å²) >= 11 is 1.96. The van der Waals surface area contributed by atoms with E-state index >= 15 is 0 Å². The number of anilines is 1. The Balaban J connectivity index is 1.71. The molecule has 0 bridgehead atoms. The van der Waals surface area contributed by atoms with Crippen molar-refractivity contribution in [2.45, 2.75) is 38.4 Å². The lowest BCUT2D eigenvalue weighted by Gasteiger charge is -2.21. The second kappa shape index (κ2) is 13.3. The predicted molar refractivity (Wildman–Crippen MR) is 135 cm³/mol. The van der Waals surface area contributed by atoms with Gasteiger partial charge in [-0.2, -0.15) is 4.98 Å². The molecule has 2 aromatic heterocycles. The Labute approximate surface area is 219 Å². The van der Waals surface area contributed by atoms with Gasteiger partial charge in [0.15, 0.2) is 27.6 Å². The number of hydrogen-bond donors (Lipinski definition) is 3. The first kappa shape index (κ1) is 29.7. The molecule has 1 unspecified atom stereocenters. The van der Waals surface area contributed by atoms with Gasteiger partial charge in [-0.25, -0.2) is 9.55 Å². The average molecular weight is 582 g/mol. The minimum absolute atomic E-state index is 0.0139. The van der Waals surface area contributed by atoms with Gasteiger partial charge < -0.3 is 20.3 Å². The number of aliphatic hydroxyl groups excluding tert-OH is 1. The highest BCUT2D eigenvalue weighted by atomic mass is 32.2. The minimum Gasteiger partial charge on any atom is -0.387 e. The lowest BCUT2D eigenvalue weighted by Crippen LogP contribution is -2.35. The number of aliphatic hydroxyl groups is 1. The molecule has 4 N–H and O–H groups in total. The molecular weight excluding hydrogens is 553 g/mol. The number of phosphoric acid groups is 1. The van der Waals surface area contributed by atoms with E-state index in [-0.39, 0.29) is 52.1 Å². The smallest absolute Gasteiger partial charge is 0.387 e. The Kier molecular flexibility index (Phi) is 10.7. The van der Waals surface area contributed by atoms with Crippen molar-refractivity contribution in [1.29, 1.82) is 0 Å². The first-order chi connectivity index (χ1) is 17.5. The largest absolute Gasteiger partial charge is 0.474 e. The van der Waals surface area contributed by atoms with Crippen molar-refractivity contribution in [1.82, 2.24) is 19.5 Å². The topological polar surface area (TPSA) is 207 Å². The van der Waals surface area contributed by atoms with Crippen LogP contribution in [0.5, 0.6) is 0 Å². The molecule has 1 aliphatic heterocycles. The van der Waals surface area contributed by atoms with Crippen molar-refractivity contribution in [3.8, 4) is 0 Å². The lowest BCUT2D eigenvalue weighted by atomic mass is 10.1. The van der Waals surface area contributed by atoms with E-state index in [9.17, 15) is 24.1 Å². The van der Waals surface area contributed by atoms with E-state index in [1.165, 1.54) is 31.9 Å². The number of thioether (sulfide) groups is 2. The number of carbonyl (C=O) groups is 2. The number of nitrogens with one attached hydrogen (secondary N) is 1. The van der Waals surface area contributed by atoms with E-state index in [0.29, 0.717) is 0 Å². The van der Waals surface area contributed by atoms with E-state index < -0.39 is 44.5 Å². The Morgan fingerprint density at radius 3 is 2.41 bits per heavy atom. The molecule has 3 heterocycles. The highest BCUT2D eigenvalue weighted by Gasteiger charge is 2.47. The molecular formula is C19H28N5O10PS2. The number of rotatable bonds is 13. The number of phosphoric ester groups is 1. The van der Waals surface area contributed by atoms with Crippen molar-refractivity contribution < 1.29 is 42.3 Å². The first-order valence-corrected chi connectivity index (χ1v) is 14.4. The van der Waals surface area contributed by atoms with Gasteiger partial charge in [-0.05, 0) is 0 Å². The quantitative estimate of drug-likeness (QED) is 0.220. The molecule has 2 aromatic rings. The van der Waals surface area contributed by atoms with Gasteiger partial charge >= 0.3 is 7.82 Å². The second-order valence-corrected chi connectivity index (χ2v) is 11.8. The number of hydrogen-bond acceptors (Lipinski definition) is 15. The molecule has 0 saturated carbocycles. The van der Waals surface area contributed by atoms with Crippen LogP contribution < -0.4 is 11.3 Å². The maximum absolute atomic E-state index is 13.2. The summed E-state index contributed by atoms with van der Waals surface area (Å²) < 4.78 is 42.0. The van der Waals surface area contributed by atoms with Gasteiger partial charge in [0.1, 0.15) is 18.3 Å². The summed E-state index contributed by atoms with van der Waals surface area (Å²) in [6, 6.07) is 0. The van der Waals surface area contributed by atoms with Gasteiger partial charge in [-0.3, -0.25) is 37.5 Å². The highest BCUT2D eigenvalue weighted by molar-refractivity contribution is 8.13. The average Bonchev–Trinajstić information content (AvgIpc) is 3.38. The van der Waals surface area contributed by atoms with Gasteiger partial charge in [-0.1, -0.05) is 23.5 Å². The van der Waals surface area contributed by atoms with Crippen LogP contribution in [0.25, 0.3) is 11.2 Å². The molecule has 1 fully saturated rings. The number of nitrogens with zero attached hydrogens (tertiary/aromatic N) is 3. The molecule has 206 valence electrons. The standard InChI is InChI=1S/C19H28N5O10PS2/c1-10(25)36-6-4-31-35(29,32-5-7-37-11(2)26)33-8-12-14(27)15(30-3)18(34-12)24-9-21-13-16(24)22-19(20)23-17(13)28/h9,12,14-15,18,27H,4-8H2,1-3H3,(H3,20,22,23,28)/t12-,14-,15-,18?/m1/s1. The maximum atomic E-state index is 13.2. The van der Waals surface area contributed by atoms with Crippen molar-refractivity contribution in [3.63, 3.8) is 0 Å². The van der Waals surface area contributed by atoms with Gasteiger partial charge in [0.2, 0.25) is 5.95 Å². The Bertz CT molecular complexity index is 1180. The number of methoxy groups -OCH3 is 1. The lowest BCUT2D eigenvalue weighted by molar-refractivity contribution is -0.109. The Hall–Kier alpha value is -1.82. The number of fused-ring (bicyclic) bond motifs is 1. The van der Waals surface area contributed by atoms with Crippen LogP contribution in [0.15, 0.2) is 11.1 Å². The van der Waals surface area contributed by atoms with Crippen LogP contribution in [-0.4, -0.2) is 91.6 Å². The van der Waals surface area contributed by atoms with Crippen molar-refractivity contribution in [2.24, 2.45) is 0 Å². The molecule has 37 heavy (non-hydrogen) atoms. The molecule has 0 aliphatic carbocycles. The van der Waals surface area contributed by atoms with Crippen LogP contribution >= 0.6 is 31.3 Å². The molecule has 0 spiro atoms. The van der Waals surface area contributed by atoms with Crippen LogP contribution in [0.4, 0.5) is 5.95 Å². The van der Waals surface area contributed by atoms with Crippen LogP contribution in [0.3, 0.4) is 0 Å². The third-order valence-electron chi connectivity index (χ3n) is 4.98. The fourth-order valence-corrected chi connectivity index (χ4v) is 5.75. The molecule has 0 radical (unpaired) electrons. The fraction of sp³-hybridized carbons (Fsp3) is 0.632. The number of nitrogens with two attached hydrogens (primary N) is 1. The third-order valence-corrected chi connectivity index (χ3v) is 8.00. The number of imidazole rings is 1. The zero-order valence-electron chi connectivity index (χ0n) is 20.2. The fourth-order valence-electron chi connectivity index (χ4n) is 3.41. The normalized spacial score (nSPS) is 22.1. The number of H-pyrrole nitrogens is 1. The van der Waals surface area contributed by atoms with Crippen LogP contribution in [0, 0.1) is 0 Å². The predicted octanol–water partition coefficient (Wildman–Crippen LogP) is 0.692. The first-order valence-electron chi connectivity index (χ1n) is 10.9. The zero-order chi connectivity index (χ0) is 27.2. The van der Waals surface area contributed by atoms with E-state index in [4.69, 9.17) is 28.8 Å². The van der Waals surface area contributed by atoms with E-state index in [1.54, 1.807) is 0 Å². The summed E-state index contributed by atoms with van der Waals surface area (Å²) in [4.78, 5) is 44.9. The van der Waals surface area contributed by atoms with Crippen molar-refractivity contribution in [3.05, 3.63) is 16.7 Å². The number of ether oxygens (including phenoxy) is 2. The third kappa shape index (κ3) is 7.84. The van der Waals surface area contributed by atoms with Crippen molar-refractivity contribution in [2.75, 3.05) is 44.2 Å². The van der Waals surface area contributed by atoms with Crippen LogP contribution in [-0.2, 0) is 37.2 Å².